The first-order chi connectivity index (χ1) is 9.45. The van der Waals surface area contributed by atoms with E-state index in [0.717, 1.165) is 18.8 Å². The summed E-state index contributed by atoms with van der Waals surface area (Å²) in [6.07, 6.45) is 0. The van der Waals surface area contributed by atoms with Gasteiger partial charge in [0.15, 0.2) is 0 Å². The Hall–Kier alpha value is -1.96. The van der Waals surface area contributed by atoms with E-state index in [1.165, 1.54) is 22.4 Å². The van der Waals surface area contributed by atoms with Gasteiger partial charge in [-0.1, -0.05) is 45.0 Å². The van der Waals surface area contributed by atoms with Crippen LogP contribution in [0.5, 0.6) is 0 Å². The molecule has 2 heteroatoms. The second-order valence-electron chi connectivity index (χ2n) is 6.64. The van der Waals surface area contributed by atoms with Crippen LogP contribution in [0.2, 0.25) is 0 Å². The van der Waals surface area contributed by atoms with Gasteiger partial charge in [0.25, 0.3) is 0 Å². The molecule has 2 nitrogen and oxygen atoms in total. The fourth-order valence-corrected chi connectivity index (χ4v) is 2.80. The first-order valence-electron chi connectivity index (χ1n) is 7.17. The van der Waals surface area contributed by atoms with Crippen molar-refractivity contribution in [1.82, 2.24) is 0 Å². The second-order valence-corrected chi connectivity index (χ2v) is 6.64. The summed E-state index contributed by atoms with van der Waals surface area (Å²) in [5.74, 6) is 0. The Kier molecular flexibility index (Phi) is 2.97. The van der Waals surface area contributed by atoms with Crippen LogP contribution >= 0.6 is 0 Å². The number of nitrogens with two attached hydrogens (primary N) is 1. The molecule has 0 bridgehead atoms. The fraction of sp³-hybridized carbons (Fsp3) is 0.333. The Morgan fingerprint density at radius 1 is 0.950 bits per heavy atom. The second kappa shape index (κ2) is 4.55. The molecule has 20 heavy (non-hydrogen) atoms. The molecule has 0 unspecified atom stereocenters. The smallest absolute Gasteiger partial charge is 0.0457 e. The van der Waals surface area contributed by atoms with Crippen LogP contribution in [0, 0.1) is 0 Å². The molecule has 0 atom stereocenters. The highest BCUT2D eigenvalue weighted by atomic mass is 15.1. The first-order valence-corrected chi connectivity index (χ1v) is 7.17. The zero-order chi connectivity index (χ0) is 14.3. The number of fused-ring (bicyclic) bond motifs is 1. The number of nitrogen functional groups attached to an aromatic ring is 1. The molecule has 0 saturated carbocycles. The highest BCUT2D eigenvalue weighted by Gasteiger charge is 2.21. The molecule has 0 saturated heterocycles. The van der Waals surface area contributed by atoms with Crippen molar-refractivity contribution in [2.24, 2.45) is 0 Å². The quantitative estimate of drug-likeness (QED) is 0.788. The Bertz CT molecular complexity index is 621. The fourth-order valence-electron chi connectivity index (χ4n) is 2.80. The SMILES string of the molecule is CC(C)(C)c1ccc(N2Cc3cccc(N)c3C2)cc1. The van der Waals surface area contributed by atoms with Gasteiger partial charge in [-0.3, -0.25) is 0 Å². The summed E-state index contributed by atoms with van der Waals surface area (Å²) >= 11 is 0. The van der Waals surface area contributed by atoms with Crippen LogP contribution in [-0.4, -0.2) is 0 Å². The molecule has 1 aliphatic rings. The van der Waals surface area contributed by atoms with Gasteiger partial charge in [0.1, 0.15) is 0 Å². The number of hydrogen-bond acceptors (Lipinski definition) is 2. The first kappa shape index (κ1) is 13.0. The third-order valence-electron chi connectivity index (χ3n) is 4.12. The number of hydrogen-bond donors (Lipinski definition) is 1. The van der Waals surface area contributed by atoms with Crippen molar-refractivity contribution in [3.63, 3.8) is 0 Å². The average Bonchev–Trinajstić information content (AvgIpc) is 2.83. The third kappa shape index (κ3) is 2.26. The average molecular weight is 266 g/mol. The highest BCUT2D eigenvalue weighted by molar-refractivity contribution is 5.60. The molecule has 0 radical (unpaired) electrons. The molecule has 1 aliphatic heterocycles. The number of rotatable bonds is 1. The predicted octanol–water partition coefficient (Wildman–Crippen LogP) is 4.09. The Balaban J connectivity index is 1.85. The van der Waals surface area contributed by atoms with E-state index in [0.29, 0.717) is 0 Å². The minimum atomic E-state index is 0.205. The maximum Gasteiger partial charge on any atom is 0.0457 e. The standard InChI is InChI=1S/C18H22N2/c1-18(2,3)14-7-9-15(10-8-14)20-11-13-5-4-6-17(19)16(13)12-20/h4-10H,11-12,19H2,1-3H3. The van der Waals surface area contributed by atoms with E-state index < -0.39 is 0 Å². The lowest BCUT2D eigenvalue weighted by atomic mass is 9.87. The number of nitrogens with zero attached hydrogens (tertiary/aromatic N) is 1. The minimum absolute atomic E-state index is 0.205. The zero-order valence-electron chi connectivity index (χ0n) is 12.5. The van der Waals surface area contributed by atoms with Crippen molar-refractivity contribution in [2.45, 2.75) is 39.3 Å². The van der Waals surface area contributed by atoms with Crippen LogP contribution < -0.4 is 10.6 Å². The van der Waals surface area contributed by atoms with Crippen molar-refractivity contribution in [3.8, 4) is 0 Å². The maximum absolute atomic E-state index is 6.07. The van der Waals surface area contributed by atoms with Crippen LogP contribution in [0.25, 0.3) is 0 Å². The molecule has 1 heterocycles. The van der Waals surface area contributed by atoms with Crippen LogP contribution in [0.15, 0.2) is 42.5 Å². The lowest BCUT2D eigenvalue weighted by Crippen LogP contribution is -2.16. The zero-order valence-corrected chi connectivity index (χ0v) is 12.5. The molecule has 0 aromatic heterocycles. The maximum atomic E-state index is 6.07. The molecular weight excluding hydrogens is 244 g/mol. The van der Waals surface area contributed by atoms with E-state index >= 15 is 0 Å². The van der Waals surface area contributed by atoms with Gasteiger partial charge in [-0.25, -0.2) is 0 Å². The van der Waals surface area contributed by atoms with Gasteiger partial charge >= 0.3 is 0 Å². The molecule has 2 aromatic carbocycles. The van der Waals surface area contributed by atoms with Crippen LogP contribution in [-0.2, 0) is 18.5 Å². The van der Waals surface area contributed by atoms with Gasteiger partial charge in [-0.15, -0.1) is 0 Å². The van der Waals surface area contributed by atoms with Crippen LogP contribution in [0.4, 0.5) is 11.4 Å². The molecule has 0 aliphatic carbocycles. The molecule has 0 amide bonds. The van der Waals surface area contributed by atoms with Crippen molar-refractivity contribution < 1.29 is 0 Å². The lowest BCUT2D eigenvalue weighted by Gasteiger charge is -2.22. The lowest BCUT2D eigenvalue weighted by molar-refractivity contribution is 0.590. The van der Waals surface area contributed by atoms with Gasteiger partial charge in [0.2, 0.25) is 0 Å². The van der Waals surface area contributed by atoms with Crippen molar-refractivity contribution in [3.05, 3.63) is 59.2 Å². The molecule has 104 valence electrons. The van der Waals surface area contributed by atoms with E-state index in [1.54, 1.807) is 0 Å². The number of benzene rings is 2. The Labute approximate surface area is 121 Å². The van der Waals surface area contributed by atoms with Crippen molar-refractivity contribution in [2.75, 3.05) is 10.6 Å². The summed E-state index contributed by atoms with van der Waals surface area (Å²) in [5, 5.41) is 0. The topological polar surface area (TPSA) is 29.3 Å². The monoisotopic (exact) mass is 266 g/mol. The van der Waals surface area contributed by atoms with Crippen molar-refractivity contribution in [1.29, 1.82) is 0 Å². The predicted molar refractivity (Wildman–Crippen MR) is 85.9 cm³/mol. The summed E-state index contributed by atoms with van der Waals surface area (Å²) in [4.78, 5) is 2.38. The minimum Gasteiger partial charge on any atom is -0.398 e. The molecular formula is C18H22N2. The molecule has 3 rings (SSSR count). The van der Waals surface area contributed by atoms with Gasteiger partial charge in [-0.2, -0.15) is 0 Å². The largest absolute Gasteiger partial charge is 0.398 e. The van der Waals surface area contributed by atoms with E-state index in [2.05, 4.69) is 56.0 Å². The van der Waals surface area contributed by atoms with E-state index in [1.807, 2.05) is 12.1 Å². The van der Waals surface area contributed by atoms with Gasteiger partial charge in [0.05, 0.1) is 0 Å². The van der Waals surface area contributed by atoms with E-state index in [-0.39, 0.29) is 5.41 Å². The molecule has 2 aromatic rings. The summed E-state index contributed by atoms with van der Waals surface area (Å²) < 4.78 is 0. The highest BCUT2D eigenvalue weighted by Crippen LogP contribution is 2.32. The van der Waals surface area contributed by atoms with Gasteiger partial charge in [0, 0.05) is 24.5 Å². The van der Waals surface area contributed by atoms with E-state index in [9.17, 15) is 0 Å². The molecule has 0 spiro atoms. The van der Waals surface area contributed by atoms with E-state index in [4.69, 9.17) is 5.73 Å². The summed E-state index contributed by atoms with van der Waals surface area (Å²) in [6, 6.07) is 15.1. The van der Waals surface area contributed by atoms with Gasteiger partial charge in [-0.05, 0) is 40.3 Å². The van der Waals surface area contributed by atoms with Crippen LogP contribution in [0.3, 0.4) is 0 Å². The number of anilines is 2. The Morgan fingerprint density at radius 2 is 1.65 bits per heavy atom. The van der Waals surface area contributed by atoms with Crippen molar-refractivity contribution >= 4 is 11.4 Å². The third-order valence-corrected chi connectivity index (χ3v) is 4.12. The summed E-state index contributed by atoms with van der Waals surface area (Å²) in [6.45, 7) is 8.60. The summed E-state index contributed by atoms with van der Waals surface area (Å²) in [7, 11) is 0. The van der Waals surface area contributed by atoms with Crippen LogP contribution in [0.1, 0.15) is 37.5 Å². The van der Waals surface area contributed by atoms with Gasteiger partial charge < -0.3 is 10.6 Å². The normalized spacial score (nSPS) is 14.4. The molecule has 2 N–H and O–H groups in total. The summed E-state index contributed by atoms with van der Waals surface area (Å²) in [5.41, 5.74) is 12.5. The Morgan fingerprint density at radius 3 is 2.25 bits per heavy atom. The molecule has 0 fully saturated rings.